The summed E-state index contributed by atoms with van der Waals surface area (Å²) in [4.78, 5) is 0. The highest BCUT2D eigenvalue weighted by atomic mass is 32.2. The SMILES string of the molecule is OC(C1CC1)C1CCOC2(CCSCC2)C1. The van der Waals surface area contributed by atoms with E-state index in [1.54, 1.807) is 0 Å². The Kier molecular flexibility index (Phi) is 3.20. The van der Waals surface area contributed by atoms with E-state index in [1.807, 2.05) is 11.8 Å². The molecule has 2 nitrogen and oxygen atoms in total. The first-order valence-electron chi connectivity index (χ1n) is 6.69. The van der Waals surface area contributed by atoms with Crippen LogP contribution in [0.1, 0.15) is 38.5 Å². The van der Waals surface area contributed by atoms with Crippen molar-refractivity contribution in [2.75, 3.05) is 18.1 Å². The van der Waals surface area contributed by atoms with Crippen LogP contribution in [0.3, 0.4) is 0 Å². The van der Waals surface area contributed by atoms with Gasteiger partial charge in [0.15, 0.2) is 0 Å². The van der Waals surface area contributed by atoms with Gasteiger partial charge in [0.25, 0.3) is 0 Å². The molecule has 2 unspecified atom stereocenters. The van der Waals surface area contributed by atoms with Gasteiger partial charge >= 0.3 is 0 Å². The quantitative estimate of drug-likeness (QED) is 0.806. The van der Waals surface area contributed by atoms with E-state index in [0.29, 0.717) is 11.8 Å². The highest BCUT2D eigenvalue weighted by Crippen LogP contribution is 2.45. The molecular weight excluding hydrogens is 220 g/mol. The highest BCUT2D eigenvalue weighted by Gasteiger charge is 2.44. The predicted octanol–water partition coefficient (Wildman–Crippen LogP) is 2.45. The van der Waals surface area contributed by atoms with Crippen molar-refractivity contribution in [3.05, 3.63) is 0 Å². The zero-order valence-corrected chi connectivity index (χ0v) is 10.7. The van der Waals surface area contributed by atoms with Crippen LogP contribution in [0.5, 0.6) is 0 Å². The van der Waals surface area contributed by atoms with Crippen LogP contribution in [0, 0.1) is 11.8 Å². The van der Waals surface area contributed by atoms with Crippen LogP contribution in [-0.2, 0) is 4.74 Å². The summed E-state index contributed by atoms with van der Waals surface area (Å²) >= 11 is 2.05. The fraction of sp³-hybridized carbons (Fsp3) is 1.00. The summed E-state index contributed by atoms with van der Waals surface area (Å²) in [6.07, 6.45) is 7.06. The average molecular weight is 242 g/mol. The zero-order valence-electron chi connectivity index (χ0n) is 9.86. The number of hydrogen-bond acceptors (Lipinski definition) is 3. The Labute approximate surface area is 102 Å². The fourth-order valence-electron chi connectivity index (χ4n) is 3.27. The topological polar surface area (TPSA) is 29.5 Å². The summed E-state index contributed by atoms with van der Waals surface area (Å²) in [7, 11) is 0. The van der Waals surface area contributed by atoms with Crippen LogP contribution in [0.25, 0.3) is 0 Å². The maximum Gasteiger partial charge on any atom is 0.0701 e. The Morgan fingerprint density at radius 1 is 1.12 bits per heavy atom. The zero-order chi connectivity index (χ0) is 11.0. The summed E-state index contributed by atoms with van der Waals surface area (Å²) in [6, 6.07) is 0. The van der Waals surface area contributed by atoms with Crippen molar-refractivity contribution in [3.8, 4) is 0 Å². The largest absolute Gasteiger partial charge is 0.393 e. The first-order valence-corrected chi connectivity index (χ1v) is 7.84. The van der Waals surface area contributed by atoms with Crippen LogP contribution in [0.4, 0.5) is 0 Å². The minimum Gasteiger partial charge on any atom is -0.393 e. The first-order chi connectivity index (χ1) is 7.79. The van der Waals surface area contributed by atoms with E-state index < -0.39 is 0 Å². The summed E-state index contributed by atoms with van der Waals surface area (Å²) in [5.74, 6) is 3.63. The van der Waals surface area contributed by atoms with E-state index in [1.165, 1.54) is 37.2 Å². The van der Waals surface area contributed by atoms with Gasteiger partial charge in [-0.3, -0.25) is 0 Å². The van der Waals surface area contributed by atoms with E-state index in [4.69, 9.17) is 4.74 Å². The molecule has 2 heterocycles. The van der Waals surface area contributed by atoms with Gasteiger partial charge in [-0.15, -0.1) is 0 Å². The smallest absolute Gasteiger partial charge is 0.0701 e. The van der Waals surface area contributed by atoms with Gasteiger partial charge in [-0.05, 0) is 61.9 Å². The second-order valence-corrected chi connectivity index (χ2v) is 6.95. The number of thioether (sulfide) groups is 1. The van der Waals surface area contributed by atoms with Gasteiger partial charge in [0.05, 0.1) is 11.7 Å². The Hall–Kier alpha value is 0.270. The highest BCUT2D eigenvalue weighted by molar-refractivity contribution is 7.99. The molecule has 3 rings (SSSR count). The van der Waals surface area contributed by atoms with E-state index in [2.05, 4.69) is 0 Å². The third-order valence-electron chi connectivity index (χ3n) is 4.52. The molecule has 3 fully saturated rings. The monoisotopic (exact) mass is 242 g/mol. The predicted molar refractivity (Wildman–Crippen MR) is 66.7 cm³/mol. The van der Waals surface area contributed by atoms with Crippen molar-refractivity contribution in [2.24, 2.45) is 11.8 Å². The van der Waals surface area contributed by atoms with Gasteiger partial charge in [0, 0.05) is 6.61 Å². The summed E-state index contributed by atoms with van der Waals surface area (Å²) in [5.41, 5.74) is 0.143. The average Bonchev–Trinajstić information content (AvgIpc) is 3.13. The van der Waals surface area contributed by atoms with Crippen molar-refractivity contribution in [3.63, 3.8) is 0 Å². The van der Waals surface area contributed by atoms with Gasteiger partial charge in [0.2, 0.25) is 0 Å². The van der Waals surface area contributed by atoms with Crippen LogP contribution in [-0.4, -0.2) is 34.9 Å². The van der Waals surface area contributed by atoms with Gasteiger partial charge in [-0.2, -0.15) is 11.8 Å². The van der Waals surface area contributed by atoms with Crippen molar-refractivity contribution >= 4 is 11.8 Å². The molecule has 0 aromatic heterocycles. The fourth-order valence-corrected chi connectivity index (χ4v) is 4.51. The van der Waals surface area contributed by atoms with Crippen molar-refractivity contribution in [1.29, 1.82) is 0 Å². The lowest BCUT2D eigenvalue weighted by Crippen LogP contribution is -2.45. The van der Waals surface area contributed by atoms with Gasteiger partial charge in [0.1, 0.15) is 0 Å². The van der Waals surface area contributed by atoms with Crippen LogP contribution < -0.4 is 0 Å². The molecule has 0 radical (unpaired) electrons. The van der Waals surface area contributed by atoms with E-state index in [-0.39, 0.29) is 11.7 Å². The molecule has 16 heavy (non-hydrogen) atoms. The summed E-state index contributed by atoms with van der Waals surface area (Å²) in [6.45, 7) is 0.874. The lowest BCUT2D eigenvalue weighted by Gasteiger charge is -2.44. The Morgan fingerprint density at radius 3 is 2.56 bits per heavy atom. The van der Waals surface area contributed by atoms with Crippen molar-refractivity contribution < 1.29 is 9.84 Å². The molecule has 0 aromatic rings. The molecule has 92 valence electrons. The molecule has 1 N–H and O–H groups in total. The van der Waals surface area contributed by atoms with Crippen LogP contribution in [0.2, 0.25) is 0 Å². The molecule has 0 amide bonds. The third kappa shape index (κ3) is 2.27. The molecule has 2 aliphatic heterocycles. The maximum atomic E-state index is 10.3. The summed E-state index contributed by atoms with van der Waals surface area (Å²) < 4.78 is 6.06. The maximum absolute atomic E-state index is 10.3. The van der Waals surface area contributed by atoms with Gasteiger partial charge in [-0.1, -0.05) is 0 Å². The van der Waals surface area contributed by atoms with Crippen molar-refractivity contribution in [2.45, 2.75) is 50.2 Å². The number of ether oxygens (including phenoxy) is 1. The molecule has 1 aliphatic carbocycles. The van der Waals surface area contributed by atoms with E-state index in [9.17, 15) is 5.11 Å². The standard InChI is InChI=1S/C13H22O2S/c14-12(10-1-2-10)11-3-6-15-13(9-11)4-7-16-8-5-13/h10-12,14H,1-9H2. The molecule has 0 bridgehead atoms. The number of aliphatic hydroxyl groups is 1. The molecule has 1 saturated carbocycles. The van der Waals surface area contributed by atoms with Crippen LogP contribution in [0.15, 0.2) is 0 Å². The number of aliphatic hydroxyl groups excluding tert-OH is 1. The molecular formula is C13H22O2S. The summed E-state index contributed by atoms with van der Waals surface area (Å²) in [5, 5.41) is 10.3. The van der Waals surface area contributed by atoms with Crippen LogP contribution >= 0.6 is 11.8 Å². The molecule has 2 atom stereocenters. The van der Waals surface area contributed by atoms with Gasteiger partial charge < -0.3 is 9.84 Å². The lowest BCUT2D eigenvalue weighted by molar-refractivity contribution is -0.122. The second-order valence-electron chi connectivity index (χ2n) is 5.72. The number of rotatable bonds is 2. The Bertz CT molecular complexity index is 241. The van der Waals surface area contributed by atoms with Gasteiger partial charge in [-0.25, -0.2) is 0 Å². The molecule has 3 heteroatoms. The molecule has 0 aromatic carbocycles. The lowest BCUT2D eigenvalue weighted by atomic mass is 9.78. The molecule has 3 aliphatic rings. The third-order valence-corrected chi connectivity index (χ3v) is 5.51. The van der Waals surface area contributed by atoms with E-state index in [0.717, 1.165) is 19.4 Å². The Balaban J connectivity index is 1.63. The molecule has 2 saturated heterocycles. The normalized spacial score (nSPS) is 36.2. The van der Waals surface area contributed by atoms with E-state index >= 15 is 0 Å². The molecule has 1 spiro atoms. The second kappa shape index (κ2) is 4.51. The minimum atomic E-state index is -0.0321. The van der Waals surface area contributed by atoms with Crippen molar-refractivity contribution in [1.82, 2.24) is 0 Å². The number of hydrogen-bond donors (Lipinski definition) is 1. The minimum absolute atomic E-state index is 0.0321. The first kappa shape index (κ1) is 11.4. The Morgan fingerprint density at radius 2 is 1.88 bits per heavy atom.